The number of unbranched alkanes of at least 4 members (excludes halogenated alkanes) is 4. The van der Waals surface area contributed by atoms with E-state index in [4.69, 9.17) is 11.6 Å². The summed E-state index contributed by atoms with van der Waals surface area (Å²) in [6.07, 6.45) is 14.6. The van der Waals surface area contributed by atoms with Gasteiger partial charge in [-0.05, 0) is 66.8 Å². The predicted octanol–water partition coefficient (Wildman–Crippen LogP) is 8.18. The zero-order chi connectivity index (χ0) is 19.1. The van der Waals surface area contributed by atoms with Crippen molar-refractivity contribution in [1.82, 2.24) is 4.98 Å². The first-order valence-electron chi connectivity index (χ1n) is 10.6. The van der Waals surface area contributed by atoms with Gasteiger partial charge in [0.25, 0.3) is 0 Å². The first kappa shape index (κ1) is 20.3. The largest absolute Gasteiger partial charge is 0.244 e. The summed E-state index contributed by atoms with van der Waals surface area (Å²) in [6, 6.07) is 9.28. The molecule has 3 heteroatoms. The van der Waals surface area contributed by atoms with E-state index in [0.29, 0.717) is 11.1 Å². The number of nitrogens with zero attached hydrogens (tertiary/aromatic N) is 1. The van der Waals surface area contributed by atoms with E-state index >= 15 is 0 Å². The second-order valence-electron chi connectivity index (χ2n) is 8.03. The molecule has 0 aliphatic heterocycles. The summed E-state index contributed by atoms with van der Waals surface area (Å²) >= 11 is 5.84. The van der Waals surface area contributed by atoms with Gasteiger partial charge in [-0.15, -0.1) is 0 Å². The molecule has 0 spiro atoms. The molecule has 0 bridgehead atoms. The van der Waals surface area contributed by atoms with E-state index < -0.39 is 0 Å². The topological polar surface area (TPSA) is 12.9 Å². The molecule has 0 saturated heterocycles. The number of aromatic nitrogens is 1. The van der Waals surface area contributed by atoms with Crippen LogP contribution in [0.3, 0.4) is 0 Å². The third-order valence-corrected chi connectivity index (χ3v) is 6.29. The number of halogens is 2. The third kappa shape index (κ3) is 5.78. The Morgan fingerprint density at radius 1 is 0.963 bits per heavy atom. The van der Waals surface area contributed by atoms with E-state index in [1.54, 1.807) is 18.3 Å². The van der Waals surface area contributed by atoms with Crippen molar-refractivity contribution in [2.24, 2.45) is 5.92 Å². The second kappa shape index (κ2) is 10.2. The summed E-state index contributed by atoms with van der Waals surface area (Å²) in [7, 11) is 0. The van der Waals surface area contributed by atoms with E-state index in [1.807, 2.05) is 18.2 Å². The number of pyridine rings is 1. The fourth-order valence-corrected chi connectivity index (χ4v) is 4.49. The summed E-state index contributed by atoms with van der Waals surface area (Å²) in [5.41, 5.74) is 2.65. The Bertz CT molecular complexity index is 705. The van der Waals surface area contributed by atoms with E-state index in [0.717, 1.165) is 35.4 Å². The van der Waals surface area contributed by atoms with Crippen LogP contribution in [0.4, 0.5) is 4.39 Å². The van der Waals surface area contributed by atoms with Crippen LogP contribution in [0.5, 0.6) is 0 Å². The van der Waals surface area contributed by atoms with Gasteiger partial charge in [-0.3, -0.25) is 0 Å². The molecule has 0 N–H and O–H groups in total. The minimum atomic E-state index is -0.0783. The molecule has 1 fully saturated rings. The molecule has 1 aromatic carbocycles. The van der Waals surface area contributed by atoms with Gasteiger partial charge in [-0.1, -0.05) is 69.2 Å². The lowest BCUT2D eigenvalue weighted by Crippen LogP contribution is -2.14. The zero-order valence-corrected chi connectivity index (χ0v) is 17.1. The summed E-state index contributed by atoms with van der Waals surface area (Å²) in [5, 5.41) is 0.456. The Hall–Kier alpha value is -1.41. The fourth-order valence-electron chi connectivity index (χ4n) is 4.38. The van der Waals surface area contributed by atoms with Crippen molar-refractivity contribution in [3.63, 3.8) is 0 Å². The van der Waals surface area contributed by atoms with Gasteiger partial charge in [0, 0.05) is 11.8 Å². The molecule has 1 aliphatic rings. The molecule has 2 aromatic rings. The molecular formula is C24H31ClFN. The third-order valence-electron chi connectivity index (χ3n) is 6.06. The van der Waals surface area contributed by atoms with Crippen LogP contribution < -0.4 is 0 Å². The number of hydrogen-bond acceptors (Lipinski definition) is 1. The van der Waals surface area contributed by atoms with Crippen LogP contribution in [0.1, 0.15) is 82.6 Å². The molecule has 1 saturated carbocycles. The maximum Gasteiger partial charge on any atom is 0.129 e. The summed E-state index contributed by atoms with van der Waals surface area (Å²) < 4.78 is 14.8. The van der Waals surface area contributed by atoms with Gasteiger partial charge in [-0.25, -0.2) is 9.37 Å². The molecule has 146 valence electrons. The molecule has 27 heavy (non-hydrogen) atoms. The number of benzene rings is 1. The molecule has 1 aromatic heterocycles. The molecule has 0 atom stereocenters. The normalized spacial score (nSPS) is 20.0. The van der Waals surface area contributed by atoms with Gasteiger partial charge in [0.2, 0.25) is 0 Å². The lowest BCUT2D eigenvalue weighted by Gasteiger charge is -2.29. The highest BCUT2D eigenvalue weighted by Crippen LogP contribution is 2.39. The highest BCUT2D eigenvalue weighted by atomic mass is 35.5. The number of rotatable bonds is 8. The monoisotopic (exact) mass is 387 g/mol. The molecular weight excluding hydrogens is 357 g/mol. The smallest absolute Gasteiger partial charge is 0.129 e. The van der Waals surface area contributed by atoms with Crippen LogP contribution in [-0.2, 0) is 0 Å². The first-order chi connectivity index (χ1) is 13.2. The van der Waals surface area contributed by atoms with Crippen LogP contribution in [-0.4, -0.2) is 4.98 Å². The van der Waals surface area contributed by atoms with Gasteiger partial charge in [0.15, 0.2) is 0 Å². The summed E-state index contributed by atoms with van der Waals surface area (Å²) in [4.78, 5) is 4.09. The summed E-state index contributed by atoms with van der Waals surface area (Å²) in [5.74, 6) is 1.15. The standard InChI is InChI=1S/C24H31ClFN/c1-2-3-4-5-6-7-18-8-10-19(11-9-18)22-14-12-20(16-23(22)26)21-13-15-24(25)27-17-21/h12-19H,2-11H2,1H3/t18-,19-. The average molecular weight is 388 g/mol. The van der Waals surface area contributed by atoms with Crippen molar-refractivity contribution in [3.8, 4) is 11.1 Å². The van der Waals surface area contributed by atoms with Crippen molar-refractivity contribution < 1.29 is 4.39 Å². The van der Waals surface area contributed by atoms with Crippen LogP contribution in [0, 0.1) is 11.7 Å². The Balaban J connectivity index is 1.53. The van der Waals surface area contributed by atoms with Gasteiger partial charge in [-0.2, -0.15) is 0 Å². The highest BCUT2D eigenvalue weighted by molar-refractivity contribution is 6.29. The van der Waals surface area contributed by atoms with Crippen molar-refractivity contribution in [3.05, 3.63) is 53.1 Å². The summed E-state index contributed by atoms with van der Waals surface area (Å²) in [6.45, 7) is 2.26. The van der Waals surface area contributed by atoms with Crippen LogP contribution in [0.15, 0.2) is 36.5 Å². The van der Waals surface area contributed by atoms with Crippen molar-refractivity contribution in [2.45, 2.75) is 77.0 Å². The van der Waals surface area contributed by atoms with Crippen molar-refractivity contribution in [1.29, 1.82) is 0 Å². The Morgan fingerprint density at radius 3 is 2.37 bits per heavy atom. The molecule has 0 radical (unpaired) electrons. The van der Waals surface area contributed by atoms with Crippen LogP contribution in [0.25, 0.3) is 11.1 Å². The molecule has 1 aliphatic carbocycles. The zero-order valence-electron chi connectivity index (χ0n) is 16.4. The molecule has 3 rings (SSSR count). The SMILES string of the molecule is CCCCCCC[C@H]1CC[C@H](c2ccc(-c3ccc(Cl)nc3)cc2F)CC1. The van der Waals surface area contributed by atoms with Crippen molar-refractivity contribution >= 4 is 11.6 Å². The van der Waals surface area contributed by atoms with Gasteiger partial charge < -0.3 is 0 Å². The van der Waals surface area contributed by atoms with Gasteiger partial charge >= 0.3 is 0 Å². The maximum absolute atomic E-state index is 14.8. The van der Waals surface area contributed by atoms with E-state index in [1.165, 1.54) is 51.4 Å². The minimum absolute atomic E-state index is 0.0783. The van der Waals surface area contributed by atoms with Gasteiger partial charge in [0.1, 0.15) is 11.0 Å². The molecule has 0 amide bonds. The van der Waals surface area contributed by atoms with Crippen LogP contribution in [0.2, 0.25) is 5.15 Å². The van der Waals surface area contributed by atoms with E-state index in [9.17, 15) is 4.39 Å². The first-order valence-corrected chi connectivity index (χ1v) is 11.0. The quantitative estimate of drug-likeness (QED) is 0.328. The Labute approximate surface area is 168 Å². The number of hydrogen-bond donors (Lipinski definition) is 0. The van der Waals surface area contributed by atoms with Crippen LogP contribution >= 0.6 is 11.6 Å². The molecule has 0 unspecified atom stereocenters. The predicted molar refractivity (Wildman–Crippen MR) is 113 cm³/mol. The minimum Gasteiger partial charge on any atom is -0.244 e. The second-order valence-corrected chi connectivity index (χ2v) is 8.41. The lowest BCUT2D eigenvalue weighted by atomic mass is 9.76. The fraction of sp³-hybridized carbons (Fsp3) is 0.542. The molecule has 1 nitrogen and oxygen atoms in total. The highest BCUT2D eigenvalue weighted by Gasteiger charge is 2.24. The van der Waals surface area contributed by atoms with E-state index in [2.05, 4.69) is 11.9 Å². The lowest BCUT2D eigenvalue weighted by molar-refractivity contribution is 0.298. The Kier molecular flexibility index (Phi) is 7.70. The maximum atomic E-state index is 14.8. The van der Waals surface area contributed by atoms with Gasteiger partial charge in [0.05, 0.1) is 0 Å². The van der Waals surface area contributed by atoms with E-state index in [-0.39, 0.29) is 5.82 Å². The average Bonchev–Trinajstić information content (AvgIpc) is 2.69. The van der Waals surface area contributed by atoms with Crippen molar-refractivity contribution in [2.75, 3.05) is 0 Å². The molecule has 1 heterocycles. The Morgan fingerprint density at radius 2 is 1.70 bits per heavy atom.